The van der Waals surface area contributed by atoms with Crippen LogP contribution in [0.5, 0.6) is 5.75 Å². The molecule has 0 spiro atoms. The number of carbonyl (C=O) groups is 1. The summed E-state index contributed by atoms with van der Waals surface area (Å²) in [6.07, 6.45) is 2.30. The predicted molar refractivity (Wildman–Crippen MR) is 56.9 cm³/mol. The summed E-state index contributed by atoms with van der Waals surface area (Å²) in [7, 11) is -3.95. The van der Waals surface area contributed by atoms with Crippen molar-refractivity contribution in [3.8, 4) is 5.75 Å². The van der Waals surface area contributed by atoms with Crippen LogP contribution in [0.3, 0.4) is 0 Å². The molecule has 1 aromatic rings. The summed E-state index contributed by atoms with van der Waals surface area (Å²) in [5.74, 6) is 0.162. The van der Waals surface area contributed by atoms with Gasteiger partial charge in [-0.25, -0.2) is 13.6 Å². The fourth-order valence-electron chi connectivity index (χ4n) is 1.39. The third-order valence-electron chi connectivity index (χ3n) is 2.24. The molecule has 0 heterocycles. The average Bonchev–Trinajstić information content (AvgIpc) is 2.99. The number of carbonyl (C=O) groups excluding carboxylic acids is 1. The number of hydrogen-bond acceptors (Lipinski definition) is 4. The van der Waals surface area contributed by atoms with Gasteiger partial charge in [-0.3, -0.25) is 4.79 Å². The van der Waals surface area contributed by atoms with Crippen LogP contribution in [0.15, 0.2) is 23.1 Å². The number of hydrogen-bond donors (Lipinski definition) is 1. The van der Waals surface area contributed by atoms with Crippen molar-refractivity contribution in [2.24, 2.45) is 5.14 Å². The van der Waals surface area contributed by atoms with Crippen molar-refractivity contribution in [1.29, 1.82) is 0 Å². The number of benzene rings is 1. The van der Waals surface area contributed by atoms with E-state index in [0.29, 0.717) is 6.29 Å². The van der Waals surface area contributed by atoms with Gasteiger partial charge in [0.25, 0.3) is 0 Å². The molecule has 0 atom stereocenters. The predicted octanol–water partition coefficient (Wildman–Crippen LogP) is 0.688. The quantitative estimate of drug-likeness (QED) is 0.785. The van der Waals surface area contributed by atoms with Crippen molar-refractivity contribution in [2.75, 3.05) is 0 Å². The standard InChI is InChI=1S/C10H11NO4S/c11-16(13,14)10-7(6-12)2-1-3-9(10)15-8-4-5-8/h1-3,6,8H,4-5H2,(H2,11,13,14). The van der Waals surface area contributed by atoms with E-state index in [2.05, 4.69) is 0 Å². The van der Waals surface area contributed by atoms with E-state index in [0.717, 1.165) is 12.8 Å². The van der Waals surface area contributed by atoms with Crippen LogP contribution in [0.2, 0.25) is 0 Å². The molecule has 1 aliphatic carbocycles. The molecule has 0 amide bonds. The van der Waals surface area contributed by atoms with Gasteiger partial charge in [-0.05, 0) is 18.9 Å². The molecule has 86 valence electrons. The molecule has 1 fully saturated rings. The Labute approximate surface area is 93.3 Å². The highest BCUT2D eigenvalue weighted by atomic mass is 32.2. The van der Waals surface area contributed by atoms with Crippen molar-refractivity contribution >= 4 is 16.3 Å². The summed E-state index contributed by atoms with van der Waals surface area (Å²) >= 11 is 0. The number of aldehydes is 1. The van der Waals surface area contributed by atoms with E-state index >= 15 is 0 Å². The van der Waals surface area contributed by atoms with Crippen LogP contribution in [0, 0.1) is 0 Å². The molecule has 0 radical (unpaired) electrons. The number of primary sulfonamides is 1. The minimum atomic E-state index is -3.95. The summed E-state index contributed by atoms with van der Waals surface area (Å²) in [5, 5.41) is 5.06. The molecular weight excluding hydrogens is 230 g/mol. The molecule has 0 unspecified atom stereocenters. The third kappa shape index (κ3) is 2.23. The number of rotatable bonds is 4. The van der Waals surface area contributed by atoms with E-state index in [4.69, 9.17) is 9.88 Å². The van der Waals surface area contributed by atoms with Gasteiger partial charge in [-0.15, -0.1) is 0 Å². The SMILES string of the molecule is NS(=O)(=O)c1c(C=O)cccc1OC1CC1. The van der Waals surface area contributed by atoms with Crippen molar-refractivity contribution in [1.82, 2.24) is 0 Å². The maximum Gasteiger partial charge on any atom is 0.242 e. The van der Waals surface area contributed by atoms with Gasteiger partial charge >= 0.3 is 0 Å². The lowest BCUT2D eigenvalue weighted by Gasteiger charge is -2.10. The molecule has 1 saturated carbocycles. The molecule has 2 N–H and O–H groups in total. The van der Waals surface area contributed by atoms with Gasteiger partial charge in [-0.1, -0.05) is 12.1 Å². The summed E-state index contributed by atoms with van der Waals surface area (Å²) < 4.78 is 28.2. The Hall–Kier alpha value is -1.40. The smallest absolute Gasteiger partial charge is 0.242 e. The van der Waals surface area contributed by atoms with E-state index < -0.39 is 10.0 Å². The van der Waals surface area contributed by atoms with Gasteiger partial charge in [0.1, 0.15) is 10.6 Å². The second-order valence-electron chi connectivity index (χ2n) is 3.65. The van der Waals surface area contributed by atoms with Crippen LogP contribution in [0.4, 0.5) is 0 Å². The van der Waals surface area contributed by atoms with Crippen LogP contribution in [-0.4, -0.2) is 20.8 Å². The Morgan fingerprint density at radius 3 is 2.56 bits per heavy atom. The molecule has 5 nitrogen and oxygen atoms in total. The van der Waals surface area contributed by atoms with Gasteiger partial charge in [0.05, 0.1) is 6.10 Å². The van der Waals surface area contributed by atoms with Crippen molar-refractivity contribution in [2.45, 2.75) is 23.8 Å². The first-order valence-corrected chi connectivity index (χ1v) is 6.34. The molecule has 1 aromatic carbocycles. The van der Waals surface area contributed by atoms with E-state index in [1.165, 1.54) is 12.1 Å². The zero-order valence-electron chi connectivity index (χ0n) is 8.42. The molecule has 1 aliphatic rings. The third-order valence-corrected chi connectivity index (χ3v) is 3.24. The highest BCUT2D eigenvalue weighted by Gasteiger charge is 2.27. The van der Waals surface area contributed by atoms with Crippen molar-refractivity contribution < 1.29 is 17.9 Å². The Morgan fingerprint density at radius 2 is 2.06 bits per heavy atom. The summed E-state index contributed by atoms with van der Waals surface area (Å²) in [6.45, 7) is 0. The lowest BCUT2D eigenvalue weighted by Crippen LogP contribution is -2.16. The van der Waals surface area contributed by atoms with Crippen LogP contribution < -0.4 is 9.88 Å². The fourth-order valence-corrected chi connectivity index (χ4v) is 2.23. The highest BCUT2D eigenvalue weighted by Crippen LogP contribution is 2.32. The zero-order chi connectivity index (χ0) is 11.8. The van der Waals surface area contributed by atoms with Crippen LogP contribution in [-0.2, 0) is 10.0 Å². The van der Waals surface area contributed by atoms with Crippen molar-refractivity contribution in [3.05, 3.63) is 23.8 Å². The second-order valence-corrected chi connectivity index (χ2v) is 5.15. The van der Waals surface area contributed by atoms with E-state index in [1.807, 2.05) is 0 Å². The monoisotopic (exact) mass is 241 g/mol. The molecule has 2 rings (SSSR count). The average molecular weight is 241 g/mol. The lowest BCUT2D eigenvalue weighted by molar-refractivity contribution is 0.111. The number of nitrogens with two attached hydrogens (primary N) is 1. The van der Waals surface area contributed by atoms with Gasteiger partial charge in [0.15, 0.2) is 6.29 Å². The maximum absolute atomic E-state index is 11.4. The van der Waals surface area contributed by atoms with Crippen LogP contribution in [0.25, 0.3) is 0 Å². The Kier molecular flexibility index (Phi) is 2.69. The summed E-state index contributed by atoms with van der Waals surface area (Å²) in [4.78, 5) is 10.5. The minimum absolute atomic E-state index is 0.0284. The minimum Gasteiger partial charge on any atom is -0.489 e. The lowest BCUT2D eigenvalue weighted by atomic mass is 10.2. The molecular formula is C10H11NO4S. The highest BCUT2D eigenvalue weighted by molar-refractivity contribution is 7.89. The molecule has 6 heteroatoms. The normalized spacial score (nSPS) is 15.8. The first-order chi connectivity index (χ1) is 7.52. The summed E-state index contributed by atoms with van der Waals surface area (Å²) in [6, 6.07) is 4.47. The van der Waals surface area contributed by atoms with Crippen LogP contribution in [0.1, 0.15) is 23.2 Å². The van der Waals surface area contributed by atoms with E-state index in [1.54, 1.807) is 6.07 Å². The first-order valence-electron chi connectivity index (χ1n) is 4.80. The van der Waals surface area contributed by atoms with Gasteiger partial charge in [0.2, 0.25) is 10.0 Å². The number of ether oxygens (including phenoxy) is 1. The maximum atomic E-state index is 11.4. The summed E-state index contributed by atoms with van der Waals surface area (Å²) in [5.41, 5.74) is 0.0284. The van der Waals surface area contributed by atoms with Crippen LogP contribution >= 0.6 is 0 Å². The second kappa shape index (κ2) is 3.88. The molecule has 0 aromatic heterocycles. The Bertz CT molecular complexity index is 520. The first kappa shape index (κ1) is 11.1. The molecule has 16 heavy (non-hydrogen) atoms. The van der Waals surface area contributed by atoms with Gasteiger partial charge in [0, 0.05) is 5.56 Å². The zero-order valence-corrected chi connectivity index (χ0v) is 9.24. The topological polar surface area (TPSA) is 86.5 Å². The largest absolute Gasteiger partial charge is 0.489 e. The van der Waals surface area contributed by atoms with Gasteiger partial charge < -0.3 is 4.74 Å². The van der Waals surface area contributed by atoms with E-state index in [9.17, 15) is 13.2 Å². The fraction of sp³-hybridized carbons (Fsp3) is 0.300. The molecule has 0 bridgehead atoms. The van der Waals surface area contributed by atoms with Crippen molar-refractivity contribution in [3.63, 3.8) is 0 Å². The molecule has 0 aliphatic heterocycles. The Morgan fingerprint density at radius 1 is 1.38 bits per heavy atom. The Balaban J connectivity index is 2.53. The molecule has 0 saturated heterocycles. The van der Waals surface area contributed by atoms with E-state index in [-0.39, 0.29) is 22.3 Å². The van der Waals surface area contributed by atoms with Gasteiger partial charge in [-0.2, -0.15) is 0 Å². The number of sulfonamides is 1.